The number of benzene rings is 2. The number of hydrogen-bond donors (Lipinski definition) is 2. The average Bonchev–Trinajstić information content (AvgIpc) is 3.23. The van der Waals surface area contributed by atoms with E-state index in [0.717, 1.165) is 22.5 Å². The summed E-state index contributed by atoms with van der Waals surface area (Å²) in [4.78, 5) is 6.63. The molecule has 1 unspecified atom stereocenters. The van der Waals surface area contributed by atoms with Gasteiger partial charge in [-0.3, -0.25) is 10.1 Å². The van der Waals surface area contributed by atoms with E-state index in [1.54, 1.807) is 6.07 Å². The topological polar surface area (TPSA) is 79.6 Å². The van der Waals surface area contributed by atoms with Gasteiger partial charge in [-0.05, 0) is 49.3 Å². The molecular weight excluding hydrogens is 433 g/mol. The number of H-pyrrole nitrogens is 1. The highest BCUT2D eigenvalue weighted by atomic mass is 19.4. The highest BCUT2D eigenvalue weighted by molar-refractivity contribution is 6.11. The van der Waals surface area contributed by atoms with Crippen LogP contribution in [0.2, 0.25) is 0 Å². The molecule has 7 nitrogen and oxygen atoms in total. The standard InChI is InChI=1S/C23H22F3N6O/c1-14-19(28-21-16-7-3-5-9-18(16)30-31-21)27-20(29-22(14)32-10-12-33-13-11-32)15-6-2-4-8-17(15)23(24,25)26/h2-9,20H,10-13H2,1H3,(H2,27,28,30,31)/q-1. The molecule has 3 heterocycles. The fourth-order valence-electron chi connectivity index (χ4n) is 4.08. The number of amidine groups is 1. The maximum Gasteiger partial charge on any atom is 0.416 e. The Hall–Kier alpha value is -3.53. The minimum Gasteiger partial charge on any atom is -0.464 e. The van der Waals surface area contributed by atoms with E-state index in [0.29, 0.717) is 43.8 Å². The number of fused-ring (bicyclic) bond motifs is 1. The van der Waals surface area contributed by atoms with Crippen molar-refractivity contribution in [2.45, 2.75) is 19.3 Å². The fourth-order valence-corrected chi connectivity index (χ4v) is 4.08. The van der Waals surface area contributed by atoms with E-state index in [1.165, 1.54) is 12.1 Å². The van der Waals surface area contributed by atoms with Gasteiger partial charge in [-0.15, -0.1) is 0 Å². The Balaban J connectivity index is 1.58. The van der Waals surface area contributed by atoms with E-state index >= 15 is 0 Å². The van der Waals surface area contributed by atoms with E-state index in [4.69, 9.17) is 4.74 Å². The molecule has 1 fully saturated rings. The van der Waals surface area contributed by atoms with Crippen molar-refractivity contribution in [2.75, 3.05) is 31.6 Å². The third-order valence-corrected chi connectivity index (χ3v) is 5.75. The maximum absolute atomic E-state index is 13.7. The molecule has 10 heteroatoms. The molecule has 2 aliphatic rings. The molecule has 172 valence electrons. The van der Waals surface area contributed by atoms with Crippen molar-refractivity contribution in [3.8, 4) is 0 Å². The first-order valence-electron chi connectivity index (χ1n) is 10.6. The third-order valence-electron chi connectivity index (χ3n) is 5.75. The molecule has 0 aliphatic carbocycles. The molecule has 1 atom stereocenters. The minimum absolute atomic E-state index is 0.00875. The molecule has 0 radical (unpaired) electrons. The van der Waals surface area contributed by atoms with Crippen LogP contribution in [0, 0.1) is 0 Å². The molecule has 0 amide bonds. The number of rotatable bonds is 3. The van der Waals surface area contributed by atoms with Gasteiger partial charge >= 0.3 is 6.18 Å². The average molecular weight is 455 g/mol. The van der Waals surface area contributed by atoms with Crippen LogP contribution in [0.25, 0.3) is 16.2 Å². The Morgan fingerprint density at radius 1 is 1.09 bits per heavy atom. The van der Waals surface area contributed by atoms with Crippen LogP contribution in [0.1, 0.15) is 24.2 Å². The van der Waals surface area contributed by atoms with Gasteiger partial charge in [0.1, 0.15) is 5.84 Å². The second kappa shape index (κ2) is 8.43. The van der Waals surface area contributed by atoms with Gasteiger partial charge < -0.3 is 20.3 Å². The Kier molecular flexibility index (Phi) is 5.45. The number of halogens is 3. The summed E-state index contributed by atoms with van der Waals surface area (Å²) in [6, 6.07) is 13.0. The first-order chi connectivity index (χ1) is 15.9. The number of alkyl halides is 3. The van der Waals surface area contributed by atoms with Crippen molar-refractivity contribution in [2.24, 2.45) is 4.99 Å². The number of aliphatic imine (C=N–C) groups is 1. The molecule has 1 aromatic heterocycles. The molecule has 1 saturated heterocycles. The van der Waals surface area contributed by atoms with Gasteiger partial charge in [0.2, 0.25) is 0 Å². The minimum atomic E-state index is -4.51. The molecule has 2 aromatic carbocycles. The van der Waals surface area contributed by atoms with Gasteiger partial charge in [0.15, 0.2) is 5.82 Å². The first kappa shape index (κ1) is 21.3. The zero-order valence-corrected chi connectivity index (χ0v) is 17.9. The molecule has 33 heavy (non-hydrogen) atoms. The molecule has 2 N–H and O–H groups in total. The summed E-state index contributed by atoms with van der Waals surface area (Å²) >= 11 is 0. The summed E-state index contributed by atoms with van der Waals surface area (Å²) in [5.74, 6) is 1.60. The summed E-state index contributed by atoms with van der Waals surface area (Å²) in [5, 5.41) is 16.0. The van der Waals surface area contributed by atoms with Crippen LogP contribution in [0.3, 0.4) is 0 Å². The number of morpholine rings is 1. The molecule has 0 spiro atoms. The van der Waals surface area contributed by atoms with Crippen molar-refractivity contribution in [3.63, 3.8) is 0 Å². The Morgan fingerprint density at radius 3 is 2.61 bits per heavy atom. The molecular formula is C23H22F3N6O-. The normalized spacial score (nSPS) is 19.5. The van der Waals surface area contributed by atoms with E-state index < -0.39 is 17.9 Å². The number of nitrogens with zero attached hydrogens (tertiary/aromatic N) is 4. The van der Waals surface area contributed by atoms with Crippen LogP contribution in [0.15, 0.2) is 64.9 Å². The van der Waals surface area contributed by atoms with E-state index in [-0.39, 0.29) is 5.56 Å². The van der Waals surface area contributed by atoms with Crippen molar-refractivity contribution >= 4 is 22.6 Å². The van der Waals surface area contributed by atoms with Gasteiger partial charge in [0, 0.05) is 18.6 Å². The lowest BCUT2D eigenvalue weighted by atomic mass is 10.0. The fraction of sp³-hybridized carbons (Fsp3) is 0.304. The third kappa shape index (κ3) is 4.13. The van der Waals surface area contributed by atoms with Gasteiger partial charge in [0.05, 0.1) is 17.2 Å². The number of hydrogen-bond acceptors (Lipinski definition) is 5. The summed E-state index contributed by atoms with van der Waals surface area (Å²) < 4.78 is 46.7. The summed E-state index contributed by atoms with van der Waals surface area (Å²) in [6.45, 7) is 4.12. The van der Waals surface area contributed by atoms with Crippen LogP contribution in [0.4, 0.5) is 19.0 Å². The monoisotopic (exact) mass is 455 g/mol. The smallest absolute Gasteiger partial charge is 0.416 e. The highest BCUT2D eigenvalue weighted by Gasteiger charge is 2.35. The number of aromatic nitrogens is 2. The SMILES string of the molecule is CC1=C(N2CCOCC2)[N-]C(c2ccccc2C(F)(F)F)N=C1Nc1n[nH]c2ccccc12. The lowest BCUT2D eigenvalue weighted by Crippen LogP contribution is -2.38. The largest absolute Gasteiger partial charge is 0.464 e. The second-order valence-electron chi connectivity index (χ2n) is 7.86. The molecule has 0 bridgehead atoms. The van der Waals surface area contributed by atoms with E-state index in [2.05, 4.69) is 25.8 Å². The lowest BCUT2D eigenvalue weighted by molar-refractivity contribution is -0.138. The van der Waals surface area contributed by atoms with Crippen LogP contribution >= 0.6 is 0 Å². The van der Waals surface area contributed by atoms with Crippen LogP contribution in [-0.2, 0) is 10.9 Å². The van der Waals surface area contributed by atoms with Crippen molar-refractivity contribution in [1.82, 2.24) is 15.1 Å². The van der Waals surface area contributed by atoms with Crippen molar-refractivity contribution < 1.29 is 17.9 Å². The lowest BCUT2D eigenvalue weighted by Gasteiger charge is -2.45. The summed E-state index contributed by atoms with van der Waals surface area (Å²) in [7, 11) is 0. The van der Waals surface area contributed by atoms with Crippen LogP contribution < -0.4 is 5.32 Å². The number of anilines is 1. The first-order valence-corrected chi connectivity index (χ1v) is 10.6. The summed E-state index contributed by atoms with van der Waals surface area (Å²) in [6.07, 6.45) is -5.56. The quantitative estimate of drug-likeness (QED) is 0.580. The van der Waals surface area contributed by atoms with Gasteiger partial charge in [-0.25, -0.2) is 0 Å². The molecule has 3 aromatic rings. The van der Waals surface area contributed by atoms with E-state index in [9.17, 15) is 13.2 Å². The summed E-state index contributed by atoms with van der Waals surface area (Å²) in [5.41, 5.74) is 0.849. The van der Waals surface area contributed by atoms with E-state index in [1.807, 2.05) is 36.1 Å². The maximum atomic E-state index is 13.7. The molecule has 5 rings (SSSR count). The zero-order chi connectivity index (χ0) is 23.0. The number of ether oxygens (including phenoxy) is 1. The highest BCUT2D eigenvalue weighted by Crippen LogP contribution is 2.42. The zero-order valence-electron chi connectivity index (χ0n) is 17.9. The van der Waals surface area contributed by atoms with Crippen molar-refractivity contribution in [3.05, 3.63) is 76.4 Å². The number of nitrogens with one attached hydrogen (secondary N) is 2. The van der Waals surface area contributed by atoms with Gasteiger partial charge in [-0.2, -0.15) is 18.3 Å². The molecule has 2 aliphatic heterocycles. The van der Waals surface area contributed by atoms with Gasteiger partial charge in [-0.1, -0.05) is 36.2 Å². The Bertz CT molecular complexity index is 1230. The van der Waals surface area contributed by atoms with Crippen LogP contribution in [0.5, 0.6) is 0 Å². The van der Waals surface area contributed by atoms with Gasteiger partial charge in [0.25, 0.3) is 0 Å². The molecule has 0 saturated carbocycles. The predicted octanol–water partition coefficient (Wildman–Crippen LogP) is 5.04. The van der Waals surface area contributed by atoms with Crippen molar-refractivity contribution in [1.29, 1.82) is 0 Å². The number of aromatic amines is 1. The van der Waals surface area contributed by atoms with Crippen LogP contribution in [-0.4, -0.2) is 47.2 Å². The number of para-hydroxylation sites is 1. The second-order valence-corrected chi connectivity index (χ2v) is 7.86. The Labute approximate surface area is 188 Å². The Morgan fingerprint density at radius 2 is 1.82 bits per heavy atom. The predicted molar refractivity (Wildman–Crippen MR) is 120 cm³/mol.